The predicted molar refractivity (Wildman–Crippen MR) is 38.6 cm³/mol. The Morgan fingerprint density at radius 3 is 3.30 bits per heavy atom. The largest absolute Gasteiger partial charge is 0.468 e. The normalized spacial score (nSPS) is 25.8. The third kappa shape index (κ3) is 0.981. The predicted octanol–water partition coefficient (Wildman–Crippen LogP) is 1.85. The summed E-state index contributed by atoms with van der Waals surface area (Å²) in [5.74, 6) is 0. The van der Waals surface area contributed by atoms with Gasteiger partial charge in [-0.3, -0.25) is 0 Å². The topological polar surface area (TPSA) is 12.5 Å². The lowest BCUT2D eigenvalue weighted by Gasteiger charge is -2.18. The highest BCUT2D eigenvalue weighted by molar-refractivity contribution is 4.97. The summed E-state index contributed by atoms with van der Waals surface area (Å²) in [6.07, 6.45) is 10.0. The highest BCUT2D eigenvalue weighted by Gasteiger charge is 2.23. The SMILES string of the molecule is C1=CN2CCCCC[C]2O1. The summed E-state index contributed by atoms with van der Waals surface area (Å²) in [6, 6.07) is 0. The van der Waals surface area contributed by atoms with E-state index in [1.807, 2.05) is 6.20 Å². The Morgan fingerprint density at radius 2 is 2.30 bits per heavy atom. The molecule has 0 amide bonds. The lowest BCUT2D eigenvalue weighted by Crippen LogP contribution is -2.19. The summed E-state index contributed by atoms with van der Waals surface area (Å²) >= 11 is 0. The Hall–Kier alpha value is -0.660. The fraction of sp³-hybridized carbons (Fsp3) is 0.625. The fourth-order valence-electron chi connectivity index (χ4n) is 1.47. The summed E-state index contributed by atoms with van der Waals surface area (Å²) in [4.78, 5) is 2.22. The van der Waals surface area contributed by atoms with Crippen LogP contribution in [0.5, 0.6) is 0 Å². The van der Waals surface area contributed by atoms with Gasteiger partial charge in [-0.1, -0.05) is 6.42 Å². The molecule has 0 aromatic rings. The van der Waals surface area contributed by atoms with E-state index >= 15 is 0 Å². The molecular weight excluding hydrogens is 126 g/mol. The van der Waals surface area contributed by atoms with E-state index in [9.17, 15) is 0 Å². The van der Waals surface area contributed by atoms with Gasteiger partial charge in [0, 0.05) is 19.2 Å². The number of rotatable bonds is 0. The van der Waals surface area contributed by atoms with Gasteiger partial charge in [0.05, 0.1) is 0 Å². The van der Waals surface area contributed by atoms with Gasteiger partial charge < -0.3 is 9.64 Å². The maximum absolute atomic E-state index is 5.30. The molecule has 2 rings (SSSR count). The summed E-state index contributed by atoms with van der Waals surface area (Å²) in [5.41, 5.74) is 0. The molecule has 0 saturated carbocycles. The fourth-order valence-corrected chi connectivity index (χ4v) is 1.47. The van der Waals surface area contributed by atoms with Crippen LogP contribution in [0.4, 0.5) is 0 Å². The second-order valence-electron chi connectivity index (χ2n) is 2.80. The van der Waals surface area contributed by atoms with Crippen LogP contribution in [-0.2, 0) is 4.74 Å². The molecule has 0 unspecified atom stereocenters. The van der Waals surface area contributed by atoms with Crippen LogP contribution in [0.25, 0.3) is 0 Å². The molecule has 1 radical (unpaired) electrons. The first-order valence-corrected chi connectivity index (χ1v) is 3.92. The highest BCUT2D eigenvalue weighted by Crippen LogP contribution is 2.27. The molecule has 0 N–H and O–H groups in total. The van der Waals surface area contributed by atoms with Gasteiger partial charge in [0.1, 0.15) is 6.26 Å². The molecule has 0 atom stereocenters. The maximum atomic E-state index is 5.30. The molecule has 0 spiro atoms. The van der Waals surface area contributed by atoms with Crippen molar-refractivity contribution < 1.29 is 4.74 Å². The molecule has 0 aliphatic carbocycles. The minimum absolute atomic E-state index is 1.12. The summed E-state index contributed by atoms with van der Waals surface area (Å²) < 4.78 is 5.30. The molecule has 1 saturated heterocycles. The van der Waals surface area contributed by atoms with Crippen LogP contribution in [0.2, 0.25) is 0 Å². The van der Waals surface area contributed by atoms with Crippen molar-refractivity contribution in [2.24, 2.45) is 0 Å². The van der Waals surface area contributed by atoms with Gasteiger partial charge in [-0.15, -0.1) is 0 Å². The molecule has 2 aliphatic rings. The van der Waals surface area contributed by atoms with E-state index in [1.54, 1.807) is 6.26 Å². The van der Waals surface area contributed by atoms with Crippen molar-refractivity contribution in [1.82, 2.24) is 4.90 Å². The third-order valence-electron chi connectivity index (χ3n) is 2.05. The highest BCUT2D eigenvalue weighted by atomic mass is 16.5. The molecule has 1 fully saturated rings. The first-order valence-electron chi connectivity index (χ1n) is 3.92. The van der Waals surface area contributed by atoms with Crippen LogP contribution < -0.4 is 0 Å². The van der Waals surface area contributed by atoms with Gasteiger partial charge >= 0.3 is 0 Å². The second kappa shape index (κ2) is 2.52. The first-order chi connectivity index (χ1) is 4.97. The summed E-state index contributed by atoms with van der Waals surface area (Å²) in [6.45, 7) is 1.14. The van der Waals surface area contributed by atoms with Crippen molar-refractivity contribution in [2.45, 2.75) is 25.7 Å². The Morgan fingerprint density at radius 1 is 1.30 bits per heavy atom. The van der Waals surface area contributed by atoms with Crippen LogP contribution in [0.1, 0.15) is 25.7 Å². The number of nitrogens with zero attached hydrogens (tertiary/aromatic N) is 1. The Labute approximate surface area is 61.5 Å². The van der Waals surface area contributed by atoms with Gasteiger partial charge in [-0.2, -0.15) is 0 Å². The Balaban J connectivity index is 2.00. The van der Waals surface area contributed by atoms with Crippen LogP contribution in [-0.4, -0.2) is 11.4 Å². The number of hydrogen-bond donors (Lipinski definition) is 0. The summed E-state index contributed by atoms with van der Waals surface area (Å²) in [5, 5.41) is 0. The molecule has 55 valence electrons. The van der Waals surface area contributed by atoms with E-state index in [1.165, 1.54) is 19.3 Å². The molecule has 2 heterocycles. The van der Waals surface area contributed by atoms with Crippen LogP contribution in [0.15, 0.2) is 12.5 Å². The van der Waals surface area contributed by atoms with Crippen molar-refractivity contribution in [3.8, 4) is 0 Å². The van der Waals surface area contributed by atoms with Gasteiger partial charge in [-0.05, 0) is 12.8 Å². The van der Waals surface area contributed by atoms with Crippen LogP contribution >= 0.6 is 0 Å². The van der Waals surface area contributed by atoms with Crippen LogP contribution in [0.3, 0.4) is 0 Å². The average Bonchev–Trinajstić information content (AvgIpc) is 2.28. The van der Waals surface area contributed by atoms with E-state index < -0.39 is 0 Å². The van der Waals surface area contributed by atoms with Crippen molar-refractivity contribution in [3.05, 3.63) is 18.7 Å². The monoisotopic (exact) mass is 138 g/mol. The van der Waals surface area contributed by atoms with Gasteiger partial charge in [-0.25, -0.2) is 0 Å². The summed E-state index contributed by atoms with van der Waals surface area (Å²) in [7, 11) is 0. The zero-order valence-corrected chi connectivity index (χ0v) is 6.05. The van der Waals surface area contributed by atoms with Gasteiger partial charge in [0.15, 0.2) is 0 Å². The standard InChI is InChI=1S/C8H12NO/c1-2-4-8-9(5-3-1)6-7-10-8/h6-7H,1-5H2. The van der Waals surface area contributed by atoms with Crippen molar-refractivity contribution in [3.63, 3.8) is 0 Å². The maximum Gasteiger partial charge on any atom is 0.241 e. The molecule has 2 aliphatic heterocycles. The average molecular weight is 138 g/mol. The van der Waals surface area contributed by atoms with Gasteiger partial charge in [0.2, 0.25) is 6.23 Å². The Kier molecular flexibility index (Phi) is 1.53. The van der Waals surface area contributed by atoms with E-state index in [-0.39, 0.29) is 0 Å². The lowest BCUT2D eigenvalue weighted by molar-refractivity contribution is 0.169. The molecule has 2 heteroatoms. The van der Waals surface area contributed by atoms with Crippen molar-refractivity contribution in [2.75, 3.05) is 6.54 Å². The molecular formula is C8H12NO. The van der Waals surface area contributed by atoms with E-state index in [4.69, 9.17) is 4.74 Å². The van der Waals surface area contributed by atoms with Crippen molar-refractivity contribution in [1.29, 1.82) is 0 Å². The van der Waals surface area contributed by atoms with E-state index in [0.29, 0.717) is 0 Å². The van der Waals surface area contributed by atoms with E-state index in [0.717, 1.165) is 19.2 Å². The molecule has 2 nitrogen and oxygen atoms in total. The third-order valence-corrected chi connectivity index (χ3v) is 2.05. The number of ether oxygens (including phenoxy) is 1. The zero-order chi connectivity index (χ0) is 6.81. The Bertz CT molecular complexity index is 144. The number of hydrogen-bond acceptors (Lipinski definition) is 2. The van der Waals surface area contributed by atoms with E-state index in [2.05, 4.69) is 4.90 Å². The number of fused-ring (bicyclic) bond motifs is 1. The van der Waals surface area contributed by atoms with Gasteiger partial charge in [0.25, 0.3) is 0 Å². The van der Waals surface area contributed by atoms with Crippen LogP contribution in [0, 0.1) is 6.23 Å². The molecule has 10 heavy (non-hydrogen) atoms. The molecule has 0 aromatic heterocycles. The second-order valence-corrected chi connectivity index (χ2v) is 2.80. The smallest absolute Gasteiger partial charge is 0.241 e. The minimum Gasteiger partial charge on any atom is -0.468 e. The molecule has 0 bridgehead atoms. The zero-order valence-electron chi connectivity index (χ0n) is 6.05. The lowest BCUT2D eigenvalue weighted by atomic mass is 10.2. The minimum atomic E-state index is 1.12. The van der Waals surface area contributed by atoms with Crippen molar-refractivity contribution >= 4 is 0 Å². The first kappa shape index (κ1) is 6.08. The molecule has 0 aromatic carbocycles. The quantitative estimate of drug-likeness (QED) is 0.506.